The second-order valence-corrected chi connectivity index (χ2v) is 6.54. The molecule has 2 aromatic carbocycles. The van der Waals surface area contributed by atoms with E-state index >= 15 is 0 Å². The molecule has 1 heterocycles. The van der Waals surface area contributed by atoms with Gasteiger partial charge in [0, 0.05) is 11.3 Å². The lowest BCUT2D eigenvalue weighted by Gasteiger charge is -2.10. The maximum atomic E-state index is 14.2. The number of alkyl halides is 3. The topological polar surface area (TPSA) is 100 Å². The molecule has 0 saturated heterocycles. The number of nitriles is 1. The number of anilines is 1. The van der Waals surface area contributed by atoms with Crippen LogP contribution in [0, 0.1) is 17.1 Å². The van der Waals surface area contributed by atoms with Crippen molar-refractivity contribution in [1.29, 1.82) is 5.26 Å². The molecule has 1 atom stereocenters. The zero-order valence-corrected chi connectivity index (χ0v) is 15.9. The van der Waals surface area contributed by atoms with Gasteiger partial charge in [-0.2, -0.15) is 23.5 Å². The summed E-state index contributed by atoms with van der Waals surface area (Å²) in [6.45, 7) is 0. The summed E-state index contributed by atoms with van der Waals surface area (Å²) in [4.78, 5) is 0. The van der Waals surface area contributed by atoms with Gasteiger partial charge >= 0.3 is 6.18 Å². The van der Waals surface area contributed by atoms with Gasteiger partial charge in [0.25, 0.3) is 11.3 Å². The molecule has 7 nitrogen and oxygen atoms in total. The van der Waals surface area contributed by atoms with Crippen LogP contribution in [0.15, 0.2) is 42.5 Å². The van der Waals surface area contributed by atoms with Gasteiger partial charge in [-0.1, -0.05) is 0 Å². The van der Waals surface area contributed by atoms with Crippen LogP contribution in [-0.4, -0.2) is 25.7 Å². The molecule has 30 heavy (non-hydrogen) atoms. The molecule has 156 valence electrons. The van der Waals surface area contributed by atoms with E-state index in [1.807, 2.05) is 0 Å². The standard InChI is InChI=1S/C18H12F4N4O3S/c1-29-15-7-2-10(8-14(15)19)16-13(9-23)17(18(20,21)22)24-26(16)12-5-3-11(4-6-12)25-30(27)28/h2-8,25H,1H3,(H,27,28). The van der Waals surface area contributed by atoms with Crippen molar-refractivity contribution >= 4 is 17.0 Å². The lowest BCUT2D eigenvalue weighted by atomic mass is 10.1. The second kappa shape index (κ2) is 8.13. The van der Waals surface area contributed by atoms with Crippen molar-refractivity contribution in [3.05, 3.63) is 59.5 Å². The van der Waals surface area contributed by atoms with Crippen LogP contribution in [0.4, 0.5) is 23.2 Å². The number of rotatable bonds is 5. The molecule has 0 amide bonds. The van der Waals surface area contributed by atoms with E-state index in [2.05, 4.69) is 9.82 Å². The number of halogens is 4. The fourth-order valence-corrected chi connectivity index (χ4v) is 3.10. The van der Waals surface area contributed by atoms with E-state index in [1.54, 1.807) is 0 Å². The first-order valence-electron chi connectivity index (χ1n) is 8.08. The van der Waals surface area contributed by atoms with Gasteiger partial charge in [-0.25, -0.2) is 13.3 Å². The fourth-order valence-electron chi connectivity index (χ4n) is 2.76. The Kier molecular flexibility index (Phi) is 5.77. The lowest BCUT2D eigenvalue weighted by Crippen LogP contribution is -2.09. The van der Waals surface area contributed by atoms with E-state index in [9.17, 15) is 27.0 Å². The van der Waals surface area contributed by atoms with Crippen molar-refractivity contribution in [2.24, 2.45) is 0 Å². The summed E-state index contributed by atoms with van der Waals surface area (Å²) in [5, 5.41) is 13.0. The molecule has 0 saturated carbocycles. The molecule has 0 fully saturated rings. The predicted molar refractivity (Wildman–Crippen MR) is 99.6 cm³/mol. The van der Waals surface area contributed by atoms with Crippen LogP contribution in [0.25, 0.3) is 16.9 Å². The summed E-state index contributed by atoms with van der Waals surface area (Å²) < 4.78 is 82.2. The molecule has 12 heteroatoms. The van der Waals surface area contributed by atoms with Crippen molar-refractivity contribution in [2.75, 3.05) is 11.8 Å². The summed E-state index contributed by atoms with van der Waals surface area (Å²) in [7, 11) is 1.24. The van der Waals surface area contributed by atoms with Gasteiger partial charge in [0.05, 0.1) is 18.5 Å². The van der Waals surface area contributed by atoms with Gasteiger partial charge in [-0.15, -0.1) is 0 Å². The Morgan fingerprint density at radius 2 is 1.90 bits per heavy atom. The Labute approximate surface area is 169 Å². The number of nitrogens with one attached hydrogen (secondary N) is 1. The largest absolute Gasteiger partial charge is 0.494 e. The normalized spacial score (nSPS) is 12.3. The molecule has 0 aliphatic heterocycles. The highest BCUT2D eigenvalue weighted by atomic mass is 32.2. The maximum absolute atomic E-state index is 14.2. The molecule has 3 rings (SSSR count). The first kappa shape index (κ1) is 21.3. The second-order valence-electron chi connectivity index (χ2n) is 5.84. The number of nitrogens with zero attached hydrogens (tertiary/aromatic N) is 3. The molecule has 0 aliphatic carbocycles. The van der Waals surface area contributed by atoms with E-state index in [-0.39, 0.29) is 28.4 Å². The molecule has 0 spiro atoms. The van der Waals surface area contributed by atoms with Gasteiger partial charge in [0.1, 0.15) is 11.6 Å². The average molecular weight is 440 g/mol. The van der Waals surface area contributed by atoms with E-state index in [0.717, 1.165) is 10.7 Å². The van der Waals surface area contributed by atoms with Crippen LogP contribution < -0.4 is 9.46 Å². The van der Waals surface area contributed by atoms with Crippen molar-refractivity contribution < 1.29 is 31.1 Å². The van der Waals surface area contributed by atoms with E-state index in [1.165, 1.54) is 49.6 Å². The molecule has 3 aromatic rings. The zero-order valence-electron chi connectivity index (χ0n) is 15.1. The molecule has 1 aromatic heterocycles. The third-order valence-corrected chi connectivity index (χ3v) is 4.42. The molecule has 0 bridgehead atoms. The highest BCUT2D eigenvalue weighted by Gasteiger charge is 2.40. The van der Waals surface area contributed by atoms with E-state index < -0.39 is 34.5 Å². The molecule has 0 radical (unpaired) electrons. The fraction of sp³-hybridized carbons (Fsp3) is 0.111. The van der Waals surface area contributed by atoms with Crippen LogP contribution in [0.3, 0.4) is 0 Å². The van der Waals surface area contributed by atoms with Crippen LogP contribution in [-0.2, 0) is 17.4 Å². The number of hydrogen-bond donors (Lipinski definition) is 2. The highest BCUT2D eigenvalue weighted by Crippen LogP contribution is 2.38. The molecular formula is C18H12F4N4O3S. The van der Waals surface area contributed by atoms with Crippen LogP contribution in [0.1, 0.15) is 11.3 Å². The average Bonchev–Trinajstić information content (AvgIpc) is 3.08. The van der Waals surface area contributed by atoms with E-state index in [0.29, 0.717) is 0 Å². The minimum atomic E-state index is -4.93. The van der Waals surface area contributed by atoms with Crippen molar-refractivity contribution in [3.63, 3.8) is 0 Å². The van der Waals surface area contributed by atoms with E-state index in [4.69, 9.17) is 9.29 Å². The van der Waals surface area contributed by atoms with Gasteiger partial charge in [0.2, 0.25) is 0 Å². The third-order valence-electron chi connectivity index (χ3n) is 4.01. The Bertz CT molecular complexity index is 1150. The van der Waals surface area contributed by atoms with Gasteiger partial charge in [-0.05, 0) is 42.5 Å². The van der Waals surface area contributed by atoms with Crippen LogP contribution >= 0.6 is 0 Å². The minimum Gasteiger partial charge on any atom is -0.494 e. The summed E-state index contributed by atoms with van der Waals surface area (Å²) in [6, 6.07) is 10.3. The zero-order chi connectivity index (χ0) is 22.1. The number of ether oxygens (including phenoxy) is 1. The third kappa shape index (κ3) is 4.12. The number of benzene rings is 2. The van der Waals surface area contributed by atoms with Gasteiger partial charge in [0.15, 0.2) is 17.3 Å². The van der Waals surface area contributed by atoms with Crippen molar-refractivity contribution in [1.82, 2.24) is 9.78 Å². The minimum absolute atomic E-state index is 0.0217. The SMILES string of the molecule is COc1ccc(-c2c(C#N)c(C(F)(F)F)nn2-c2ccc(NS(=O)O)cc2)cc1F. The Morgan fingerprint density at radius 3 is 2.40 bits per heavy atom. The Balaban J connectivity index is 2.24. The van der Waals surface area contributed by atoms with Gasteiger partial charge in [-0.3, -0.25) is 9.27 Å². The first-order valence-corrected chi connectivity index (χ1v) is 9.18. The highest BCUT2D eigenvalue weighted by molar-refractivity contribution is 7.80. The molecule has 1 unspecified atom stereocenters. The van der Waals surface area contributed by atoms with Crippen LogP contribution in [0.2, 0.25) is 0 Å². The Hall–Kier alpha value is -3.43. The molecule has 2 N–H and O–H groups in total. The monoisotopic (exact) mass is 440 g/mol. The number of hydrogen-bond acceptors (Lipinski definition) is 4. The Morgan fingerprint density at radius 1 is 1.23 bits per heavy atom. The van der Waals surface area contributed by atoms with Gasteiger partial charge < -0.3 is 4.74 Å². The number of methoxy groups -OCH3 is 1. The quantitative estimate of drug-likeness (QED) is 0.459. The number of aromatic nitrogens is 2. The predicted octanol–water partition coefficient (Wildman–Crippen LogP) is 4.13. The molecule has 0 aliphatic rings. The summed E-state index contributed by atoms with van der Waals surface area (Å²) >= 11 is -2.34. The first-order chi connectivity index (χ1) is 14.2. The summed E-state index contributed by atoms with van der Waals surface area (Å²) in [5.74, 6) is -0.947. The van der Waals surface area contributed by atoms with Crippen molar-refractivity contribution in [3.8, 4) is 28.8 Å². The van der Waals surface area contributed by atoms with Crippen LogP contribution in [0.5, 0.6) is 5.75 Å². The summed E-state index contributed by atoms with van der Waals surface area (Å²) in [6.07, 6.45) is -4.93. The molecular weight excluding hydrogens is 428 g/mol. The lowest BCUT2D eigenvalue weighted by molar-refractivity contribution is -0.141. The van der Waals surface area contributed by atoms with Crippen molar-refractivity contribution in [2.45, 2.75) is 6.18 Å². The summed E-state index contributed by atoms with van der Waals surface area (Å²) in [5.41, 5.74) is -2.15. The maximum Gasteiger partial charge on any atom is 0.436 e. The smallest absolute Gasteiger partial charge is 0.436 e.